The first kappa shape index (κ1) is 8.84. The zero-order valence-electron chi connectivity index (χ0n) is 7.66. The number of anilines is 1. The molecule has 3 nitrogen and oxygen atoms in total. The highest BCUT2D eigenvalue weighted by Gasteiger charge is 2.02. The Kier molecular flexibility index (Phi) is 2.22. The molecule has 0 aliphatic heterocycles. The lowest BCUT2D eigenvalue weighted by atomic mass is 10.2. The summed E-state index contributed by atoms with van der Waals surface area (Å²) in [6.07, 6.45) is 1.79. The third kappa shape index (κ3) is 1.49. The molecule has 0 bridgehead atoms. The maximum absolute atomic E-state index is 11.3. The highest BCUT2D eigenvalue weighted by molar-refractivity contribution is 5.43. The number of nitrogens with zero attached hydrogens (tertiary/aromatic N) is 1. The van der Waals surface area contributed by atoms with Crippen molar-refractivity contribution >= 4 is 5.69 Å². The molecule has 66 valence electrons. The molecule has 0 aliphatic rings. The highest BCUT2D eigenvalue weighted by atomic mass is 16.1. The minimum absolute atomic E-state index is 0.0342. The summed E-state index contributed by atoms with van der Waals surface area (Å²) in [5.74, 6) is 0. The maximum atomic E-state index is 11.3. The fourth-order valence-electron chi connectivity index (χ4n) is 1.07. The predicted molar refractivity (Wildman–Crippen MR) is 50.2 cm³/mol. The van der Waals surface area contributed by atoms with Gasteiger partial charge in [-0.2, -0.15) is 0 Å². The van der Waals surface area contributed by atoms with Crippen molar-refractivity contribution in [3.05, 3.63) is 28.2 Å². The normalized spacial score (nSPS) is 10.7. The molecule has 0 spiro atoms. The molecule has 0 saturated carbocycles. The molecular formula is C9H14N2O. The van der Waals surface area contributed by atoms with E-state index in [1.807, 2.05) is 20.8 Å². The van der Waals surface area contributed by atoms with E-state index in [2.05, 4.69) is 0 Å². The number of pyridine rings is 1. The molecule has 12 heavy (non-hydrogen) atoms. The predicted octanol–water partition coefficient (Wildman–Crippen LogP) is 1.32. The van der Waals surface area contributed by atoms with Crippen molar-refractivity contribution in [1.29, 1.82) is 0 Å². The van der Waals surface area contributed by atoms with E-state index in [0.717, 1.165) is 5.56 Å². The molecule has 0 atom stereocenters. The van der Waals surface area contributed by atoms with Crippen LogP contribution in [0.15, 0.2) is 17.1 Å². The second-order valence-electron chi connectivity index (χ2n) is 3.25. The van der Waals surface area contributed by atoms with Gasteiger partial charge in [0, 0.05) is 24.0 Å². The molecule has 0 saturated heterocycles. The van der Waals surface area contributed by atoms with Gasteiger partial charge >= 0.3 is 0 Å². The van der Waals surface area contributed by atoms with Gasteiger partial charge in [0.05, 0.1) is 0 Å². The van der Waals surface area contributed by atoms with Crippen molar-refractivity contribution in [2.75, 3.05) is 5.73 Å². The summed E-state index contributed by atoms with van der Waals surface area (Å²) in [5.41, 5.74) is 7.06. The van der Waals surface area contributed by atoms with Crippen LogP contribution in [0.25, 0.3) is 0 Å². The summed E-state index contributed by atoms with van der Waals surface area (Å²) in [7, 11) is 0. The van der Waals surface area contributed by atoms with Crippen molar-refractivity contribution in [3.63, 3.8) is 0 Å². The number of nitrogens with two attached hydrogens (primary N) is 1. The Labute approximate surface area is 71.8 Å². The molecule has 0 aromatic carbocycles. The lowest BCUT2D eigenvalue weighted by Crippen LogP contribution is -2.21. The molecule has 1 heterocycles. The Hall–Kier alpha value is -1.25. The average molecular weight is 166 g/mol. The largest absolute Gasteiger partial charge is 0.398 e. The monoisotopic (exact) mass is 166 g/mol. The minimum atomic E-state index is -0.0342. The van der Waals surface area contributed by atoms with E-state index in [1.54, 1.807) is 10.8 Å². The Bertz CT molecular complexity index is 339. The fraction of sp³-hybridized carbons (Fsp3) is 0.444. The Morgan fingerprint density at radius 1 is 1.50 bits per heavy atom. The van der Waals surface area contributed by atoms with E-state index < -0.39 is 0 Å². The molecule has 3 heteroatoms. The molecular weight excluding hydrogens is 152 g/mol. The van der Waals surface area contributed by atoms with Gasteiger partial charge in [0.1, 0.15) is 0 Å². The summed E-state index contributed by atoms with van der Waals surface area (Å²) in [4.78, 5) is 11.3. The Morgan fingerprint density at radius 3 is 2.58 bits per heavy atom. The Morgan fingerprint density at radius 2 is 2.08 bits per heavy atom. The van der Waals surface area contributed by atoms with Gasteiger partial charge in [0.15, 0.2) is 0 Å². The van der Waals surface area contributed by atoms with Gasteiger partial charge in [-0.1, -0.05) is 0 Å². The van der Waals surface area contributed by atoms with Crippen LogP contribution < -0.4 is 11.3 Å². The van der Waals surface area contributed by atoms with Gasteiger partial charge in [-0.3, -0.25) is 4.79 Å². The van der Waals surface area contributed by atoms with E-state index in [9.17, 15) is 4.79 Å². The number of aryl methyl sites for hydroxylation is 1. The van der Waals surface area contributed by atoms with Crippen LogP contribution in [0.2, 0.25) is 0 Å². The van der Waals surface area contributed by atoms with Gasteiger partial charge in [0.25, 0.3) is 5.56 Å². The van der Waals surface area contributed by atoms with Crippen molar-refractivity contribution in [1.82, 2.24) is 4.57 Å². The molecule has 0 radical (unpaired) electrons. The molecule has 1 aromatic heterocycles. The number of hydrogen-bond donors (Lipinski definition) is 1. The molecule has 1 rings (SSSR count). The van der Waals surface area contributed by atoms with Crippen LogP contribution in [-0.2, 0) is 0 Å². The van der Waals surface area contributed by atoms with Crippen molar-refractivity contribution < 1.29 is 0 Å². The van der Waals surface area contributed by atoms with Crippen LogP contribution in [-0.4, -0.2) is 4.57 Å². The van der Waals surface area contributed by atoms with Crippen molar-refractivity contribution in [3.8, 4) is 0 Å². The molecule has 1 aromatic rings. The second kappa shape index (κ2) is 3.01. The topological polar surface area (TPSA) is 48.0 Å². The van der Waals surface area contributed by atoms with Gasteiger partial charge in [-0.25, -0.2) is 0 Å². The third-order valence-corrected chi connectivity index (χ3v) is 1.88. The standard InChI is InChI=1S/C9H14N2O/c1-6(2)11-5-7(3)8(10)4-9(11)12/h4-6H,10H2,1-3H3. The summed E-state index contributed by atoms with van der Waals surface area (Å²) in [6, 6.07) is 1.66. The quantitative estimate of drug-likeness (QED) is 0.684. The maximum Gasteiger partial charge on any atom is 0.252 e. The van der Waals surface area contributed by atoms with Gasteiger partial charge in [-0.05, 0) is 26.3 Å². The molecule has 0 fully saturated rings. The second-order valence-corrected chi connectivity index (χ2v) is 3.25. The third-order valence-electron chi connectivity index (χ3n) is 1.88. The van der Waals surface area contributed by atoms with Crippen molar-refractivity contribution in [2.45, 2.75) is 26.8 Å². The lowest BCUT2D eigenvalue weighted by molar-refractivity contribution is 0.577. The van der Waals surface area contributed by atoms with Crippen LogP contribution in [0, 0.1) is 6.92 Å². The molecule has 0 aliphatic carbocycles. The first-order chi connectivity index (χ1) is 5.52. The van der Waals surface area contributed by atoms with Gasteiger partial charge in [-0.15, -0.1) is 0 Å². The summed E-state index contributed by atoms with van der Waals surface area (Å²) >= 11 is 0. The van der Waals surface area contributed by atoms with E-state index in [1.165, 1.54) is 6.07 Å². The van der Waals surface area contributed by atoms with E-state index in [4.69, 9.17) is 5.73 Å². The Balaban J connectivity index is 3.33. The average Bonchev–Trinajstić information content (AvgIpc) is 1.96. The highest BCUT2D eigenvalue weighted by Crippen LogP contribution is 2.08. The number of nitrogen functional groups attached to an aromatic ring is 1. The minimum Gasteiger partial charge on any atom is -0.398 e. The molecule has 0 amide bonds. The lowest BCUT2D eigenvalue weighted by Gasteiger charge is -2.11. The van der Waals surface area contributed by atoms with Crippen molar-refractivity contribution in [2.24, 2.45) is 0 Å². The number of aromatic nitrogens is 1. The SMILES string of the molecule is Cc1cn(C(C)C)c(=O)cc1N. The van der Waals surface area contributed by atoms with E-state index >= 15 is 0 Å². The number of rotatable bonds is 1. The van der Waals surface area contributed by atoms with Crippen LogP contribution in [0.3, 0.4) is 0 Å². The molecule has 2 N–H and O–H groups in total. The van der Waals surface area contributed by atoms with Gasteiger partial charge < -0.3 is 10.3 Å². The van der Waals surface area contributed by atoms with Crippen LogP contribution in [0.1, 0.15) is 25.5 Å². The smallest absolute Gasteiger partial charge is 0.252 e. The zero-order chi connectivity index (χ0) is 9.30. The fourth-order valence-corrected chi connectivity index (χ4v) is 1.07. The first-order valence-corrected chi connectivity index (χ1v) is 4.00. The number of hydrogen-bond acceptors (Lipinski definition) is 2. The summed E-state index contributed by atoms with van der Waals surface area (Å²) in [5, 5.41) is 0. The summed E-state index contributed by atoms with van der Waals surface area (Å²) < 4.78 is 1.67. The van der Waals surface area contributed by atoms with Crippen LogP contribution in [0.5, 0.6) is 0 Å². The zero-order valence-corrected chi connectivity index (χ0v) is 7.66. The molecule has 0 unspecified atom stereocenters. The van der Waals surface area contributed by atoms with Crippen LogP contribution >= 0.6 is 0 Å². The first-order valence-electron chi connectivity index (χ1n) is 4.00. The van der Waals surface area contributed by atoms with Gasteiger partial charge in [0.2, 0.25) is 0 Å². The summed E-state index contributed by atoms with van der Waals surface area (Å²) in [6.45, 7) is 5.84. The van der Waals surface area contributed by atoms with E-state index in [-0.39, 0.29) is 11.6 Å². The van der Waals surface area contributed by atoms with Crippen LogP contribution in [0.4, 0.5) is 5.69 Å². The van der Waals surface area contributed by atoms with E-state index in [0.29, 0.717) is 5.69 Å².